The van der Waals surface area contributed by atoms with Gasteiger partial charge in [0.2, 0.25) is 0 Å². The zero-order valence-electron chi connectivity index (χ0n) is 8.18. The van der Waals surface area contributed by atoms with E-state index in [9.17, 15) is 4.79 Å². The number of hydrogen-bond donors (Lipinski definition) is 2. The Morgan fingerprint density at radius 1 is 1.64 bits per heavy atom. The average Bonchev–Trinajstić information content (AvgIpc) is 2.62. The van der Waals surface area contributed by atoms with Crippen LogP contribution in [0, 0.1) is 5.92 Å². The van der Waals surface area contributed by atoms with E-state index in [-0.39, 0.29) is 31.3 Å². The largest absolute Gasteiger partial charge is 0.481 e. The van der Waals surface area contributed by atoms with Crippen molar-refractivity contribution in [1.29, 1.82) is 0 Å². The summed E-state index contributed by atoms with van der Waals surface area (Å²) >= 11 is 0. The number of carbonyl (C=O) groups is 1. The van der Waals surface area contributed by atoms with E-state index in [1.54, 1.807) is 0 Å². The van der Waals surface area contributed by atoms with E-state index >= 15 is 0 Å². The Labute approximate surface area is 82.6 Å². The smallest absolute Gasteiger partial charge is 0.303 e. The van der Waals surface area contributed by atoms with Gasteiger partial charge in [0.05, 0.1) is 13.2 Å². The Hall–Kier alpha value is -0.650. The van der Waals surface area contributed by atoms with E-state index in [2.05, 4.69) is 0 Å². The molecule has 1 rings (SSSR count). The third-order valence-corrected chi connectivity index (χ3v) is 2.25. The molecule has 0 spiro atoms. The number of carboxylic acids is 1. The van der Waals surface area contributed by atoms with Crippen molar-refractivity contribution < 1.29 is 24.5 Å². The molecule has 1 saturated heterocycles. The number of rotatable bonds is 5. The summed E-state index contributed by atoms with van der Waals surface area (Å²) in [6.07, 6.45) is 0.0190. The van der Waals surface area contributed by atoms with Crippen molar-refractivity contribution in [2.75, 3.05) is 13.2 Å². The van der Waals surface area contributed by atoms with Crippen LogP contribution in [-0.2, 0) is 14.3 Å². The van der Waals surface area contributed by atoms with Gasteiger partial charge in [-0.2, -0.15) is 0 Å². The molecule has 0 aromatic carbocycles. The first-order chi connectivity index (χ1) is 6.63. The molecule has 0 aromatic heterocycles. The summed E-state index contributed by atoms with van der Waals surface area (Å²) in [6.45, 7) is 2.22. The molecule has 1 aliphatic rings. The van der Waals surface area contributed by atoms with Gasteiger partial charge in [0, 0.05) is 12.3 Å². The lowest BCUT2D eigenvalue weighted by Crippen LogP contribution is -2.22. The first-order valence-electron chi connectivity index (χ1n) is 4.73. The van der Waals surface area contributed by atoms with Crippen LogP contribution in [-0.4, -0.2) is 41.8 Å². The van der Waals surface area contributed by atoms with Gasteiger partial charge in [0.15, 0.2) is 6.29 Å². The average molecular weight is 204 g/mol. The molecule has 0 saturated carbocycles. The van der Waals surface area contributed by atoms with Gasteiger partial charge in [0.25, 0.3) is 0 Å². The van der Waals surface area contributed by atoms with Crippen LogP contribution in [0.3, 0.4) is 0 Å². The molecular weight excluding hydrogens is 188 g/mol. The van der Waals surface area contributed by atoms with Gasteiger partial charge in [-0.3, -0.25) is 4.79 Å². The number of ether oxygens (including phenoxy) is 2. The fourth-order valence-corrected chi connectivity index (χ4v) is 1.35. The van der Waals surface area contributed by atoms with Crippen molar-refractivity contribution in [2.24, 2.45) is 5.92 Å². The minimum absolute atomic E-state index is 0.0441. The summed E-state index contributed by atoms with van der Waals surface area (Å²) in [4.78, 5) is 10.3. The second-order valence-corrected chi connectivity index (χ2v) is 3.55. The van der Waals surface area contributed by atoms with Crippen LogP contribution in [0.5, 0.6) is 0 Å². The minimum Gasteiger partial charge on any atom is -0.481 e. The summed E-state index contributed by atoms with van der Waals surface area (Å²) in [5.74, 6) is -0.767. The zero-order valence-corrected chi connectivity index (χ0v) is 8.18. The van der Waals surface area contributed by atoms with Gasteiger partial charge >= 0.3 is 5.97 Å². The highest BCUT2D eigenvalue weighted by molar-refractivity contribution is 5.66. The highest BCUT2D eigenvalue weighted by Gasteiger charge is 2.29. The van der Waals surface area contributed by atoms with Crippen LogP contribution in [0.15, 0.2) is 0 Å². The normalized spacial score (nSPS) is 29.0. The van der Waals surface area contributed by atoms with E-state index in [0.29, 0.717) is 13.0 Å². The summed E-state index contributed by atoms with van der Waals surface area (Å²) in [7, 11) is 0. The number of aliphatic hydroxyl groups is 1. The topological polar surface area (TPSA) is 76.0 Å². The highest BCUT2D eigenvalue weighted by atomic mass is 16.7. The SMILES string of the molecule is CC(CCC(=O)O)C1OCC(CO)O1. The maximum Gasteiger partial charge on any atom is 0.303 e. The van der Waals surface area contributed by atoms with Crippen molar-refractivity contribution in [1.82, 2.24) is 0 Å². The second kappa shape index (κ2) is 5.29. The quantitative estimate of drug-likeness (QED) is 0.670. The molecule has 3 unspecified atom stereocenters. The van der Waals surface area contributed by atoms with Crippen molar-refractivity contribution in [3.05, 3.63) is 0 Å². The van der Waals surface area contributed by atoms with Crippen LogP contribution in [0.25, 0.3) is 0 Å². The number of aliphatic hydroxyl groups excluding tert-OH is 1. The molecular formula is C9H16O5. The van der Waals surface area contributed by atoms with Crippen molar-refractivity contribution in [2.45, 2.75) is 32.2 Å². The Kier molecular flexibility index (Phi) is 4.31. The first kappa shape index (κ1) is 11.4. The zero-order chi connectivity index (χ0) is 10.6. The van der Waals surface area contributed by atoms with Gasteiger partial charge in [-0.25, -0.2) is 0 Å². The summed E-state index contributed by atoms with van der Waals surface area (Å²) in [5.41, 5.74) is 0. The fraction of sp³-hybridized carbons (Fsp3) is 0.889. The third kappa shape index (κ3) is 3.25. The predicted octanol–water partition coefficient (Wildman–Crippen LogP) is 0.221. The monoisotopic (exact) mass is 204 g/mol. The molecule has 0 aromatic rings. The molecule has 3 atom stereocenters. The van der Waals surface area contributed by atoms with Crippen LogP contribution >= 0.6 is 0 Å². The summed E-state index contributed by atoms with van der Waals surface area (Å²) < 4.78 is 10.6. The Morgan fingerprint density at radius 3 is 2.86 bits per heavy atom. The van der Waals surface area contributed by atoms with E-state index < -0.39 is 5.97 Å². The van der Waals surface area contributed by atoms with Crippen LogP contribution < -0.4 is 0 Å². The second-order valence-electron chi connectivity index (χ2n) is 3.55. The van der Waals surface area contributed by atoms with E-state index in [4.69, 9.17) is 19.7 Å². The Balaban J connectivity index is 2.24. The van der Waals surface area contributed by atoms with E-state index in [1.807, 2.05) is 6.92 Å². The van der Waals surface area contributed by atoms with Gasteiger partial charge in [0.1, 0.15) is 6.10 Å². The summed E-state index contributed by atoms with van der Waals surface area (Å²) in [5, 5.41) is 17.3. The molecule has 82 valence electrons. The Bertz CT molecular complexity index is 194. The first-order valence-corrected chi connectivity index (χ1v) is 4.73. The molecule has 0 radical (unpaired) electrons. The van der Waals surface area contributed by atoms with Gasteiger partial charge in [-0.1, -0.05) is 6.92 Å². The molecule has 0 amide bonds. The maximum atomic E-state index is 10.3. The lowest BCUT2D eigenvalue weighted by molar-refractivity contribution is -0.138. The molecule has 0 aliphatic carbocycles. The fourth-order valence-electron chi connectivity index (χ4n) is 1.35. The predicted molar refractivity (Wildman–Crippen MR) is 47.7 cm³/mol. The van der Waals surface area contributed by atoms with E-state index in [0.717, 1.165) is 0 Å². The third-order valence-electron chi connectivity index (χ3n) is 2.25. The van der Waals surface area contributed by atoms with Crippen molar-refractivity contribution in [3.8, 4) is 0 Å². The molecule has 1 fully saturated rings. The lowest BCUT2D eigenvalue weighted by Gasteiger charge is -2.17. The molecule has 0 bridgehead atoms. The number of aliphatic carboxylic acids is 1. The molecule has 1 heterocycles. The van der Waals surface area contributed by atoms with Crippen LogP contribution in [0.4, 0.5) is 0 Å². The number of hydrogen-bond acceptors (Lipinski definition) is 4. The van der Waals surface area contributed by atoms with Gasteiger partial charge in [-0.15, -0.1) is 0 Å². The lowest BCUT2D eigenvalue weighted by atomic mass is 10.1. The maximum absolute atomic E-state index is 10.3. The molecule has 5 heteroatoms. The summed E-state index contributed by atoms with van der Waals surface area (Å²) in [6, 6.07) is 0. The van der Waals surface area contributed by atoms with Gasteiger partial charge in [-0.05, 0) is 6.42 Å². The molecule has 2 N–H and O–H groups in total. The van der Waals surface area contributed by atoms with Crippen LogP contribution in [0.1, 0.15) is 19.8 Å². The van der Waals surface area contributed by atoms with E-state index in [1.165, 1.54) is 0 Å². The molecule has 1 aliphatic heterocycles. The van der Waals surface area contributed by atoms with Crippen molar-refractivity contribution >= 4 is 5.97 Å². The highest BCUT2D eigenvalue weighted by Crippen LogP contribution is 2.22. The van der Waals surface area contributed by atoms with Crippen molar-refractivity contribution in [3.63, 3.8) is 0 Å². The standard InChI is InChI=1S/C9H16O5/c1-6(2-3-8(11)12)9-13-5-7(4-10)14-9/h6-7,9-10H,2-5H2,1H3,(H,11,12). The van der Waals surface area contributed by atoms with Gasteiger partial charge < -0.3 is 19.7 Å². The minimum atomic E-state index is -0.812. The Morgan fingerprint density at radius 2 is 2.36 bits per heavy atom. The van der Waals surface area contributed by atoms with Crippen LogP contribution in [0.2, 0.25) is 0 Å². The number of carboxylic acid groups (broad SMARTS) is 1. The molecule has 5 nitrogen and oxygen atoms in total. The molecule has 14 heavy (non-hydrogen) atoms.